The summed E-state index contributed by atoms with van der Waals surface area (Å²) in [5.74, 6) is 0. The summed E-state index contributed by atoms with van der Waals surface area (Å²) < 4.78 is 1.84. The summed E-state index contributed by atoms with van der Waals surface area (Å²) in [4.78, 5) is 11.6. The number of hydrogen-bond acceptors (Lipinski definition) is 2. The molecule has 0 aliphatic carbocycles. The zero-order valence-corrected chi connectivity index (χ0v) is 11.4. The number of pyridine rings is 1. The lowest BCUT2D eigenvalue weighted by Gasteiger charge is -2.20. The molecule has 1 N–H and O–H groups in total. The number of rotatable bonds is 5. The lowest BCUT2D eigenvalue weighted by Crippen LogP contribution is -2.36. The highest BCUT2D eigenvalue weighted by Gasteiger charge is 2.07. The van der Waals surface area contributed by atoms with Crippen molar-refractivity contribution in [3.05, 3.63) is 34.2 Å². The third-order valence-electron chi connectivity index (χ3n) is 2.73. The van der Waals surface area contributed by atoms with Crippen molar-refractivity contribution in [2.45, 2.75) is 52.6 Å². The molecule has 0 amide bonds. The second-order valence-corrected chi connectivity index (χ2v) is 5.54. The molecule has 0 bridgehead atoms. The Morgan fingerprint density at radius 3 is 2.53 bits per heavy atom. The summed E-state index contributed by atoms with van der Waals surface area (Å²) in [5, 5.41) is 3.45. The van der Waals surface area contributed by atoms with Crippen LogP contribution in [0.2, 0.25) is 0 Å². The topological polar surface area (TPSA) is 34.0 Å². The maximum Gasteiger partial charge on any atom is 0.250 e. The van der Waals surface area contributed by atoms with E-state index in [9.17, 15) is 4.79 Å². The van der Waals surface area contributed by atoms with E-state index in [-0.39, 0.29) is 11.1 Å². The summed E-state index contributed by atoms with van der Waals surface area (Å²) in [7, 11) is 0. The number of hydrogen-bond donors (Lipinski definition) is 1. The zero-order chi connectivity index (χ0) is 12.9. The molecule has 1 aromatic heterocycles. The van der Waals surface area contributed by atoms with Gasteiger partial charge in [0.1, 0.15) is 0 Å². The van der Waals surface area contributed by atoms with Crippen molar-refractivity contribution in [3.63, 3.8) is 0 Å². The lowest BCUT2D eigenvalue weighted by molar-refractivity contribution is 0.413. The van der Waals surface area contributed by atoms with Crippen molar-refractivity contribution in [3.8, 4) is 0 Å². The molecule has 0 radical (unpaired) electrons. The molecular formula is C14H24N2O. The normalized spacial score (nSPS) is 11.8. The van der Waals surface area contributed by atoms with E-state index in [0.717, 1.165) is 31.6 Å². The third kappa shape index (κ3) is 5.18. The molecule has 0 spiro atoms. The fourth-order valence-corrected chi connectivity index (χ4v) is 1.77. The fourth-order valence-electron chi connectivity index (χ4n) is 1.77. The van der Waals surface area contributed by atoms with E-state index in [1.807, 2.05) is 23.6 Å². The van der Waals surface area contributed by atoms with Crippen LogP contribution in [-0.4, -0.2) is 16.7 Å². The van der Waals surface area contributed by atoms with Crippen molar-refractivity contribution in [2.24, 2.45) is 0 Å². The molecule has 1 heterocycles. The lowest BCUT2D eigenvalue weighted by atomic mass is 10.1. The van der Waals surface area contributed by atoms with Gasteiger partial charge in [0.05, 0.1) is 0 Å². The van der Waals surface area contributed by atoms with Crippen molar-refractivity contribution in [1.82, 2.24) is 9.88 Å². The van der Waals surface area contributed by atoms with Gasteiger partial charge in [0.2, 0.25) is 0 Å². The highest BCUT2D eigenvalue weighted by atomic mass is 16.1. The first kappa shape index (κ1) is 14.0. The van der Waals surface area contributed by atoms with Gasteiger partial charge in [-0.15, -0.1) is 0 Å². The standard InChI is InChI=1S/C14H24N2O/c1-12-8-7-9-13(17)16(12)11-6-5-10-15-14(2,3)4/h7-9,15H,5-6,10-11H2,1-4H3. The van der Waals surface area contributed by atoms with Gasteiger partial charge < -0.3 is 9.88 Å². The van der Waals surface area contributed by atoms with Crippen molar-refractivity contribution in [2.75, 3.05) is 6.54 Å². The van der Waals surface area contributed by atoms with Crippen LogP contribution in [0.3, 0.4) is 0 Å². The Labute approximate surface area is 104 Å². The molecular weight excluding hydrogens is 212 g/mol. The fraction of sp³-hybridized carbons (Fsp3) is 0.643. The van der Waals surface area contributed by atoms with Crippen LogP contribution in [0, 0.1) is 6.92 Å². The van der Waals surface area contributed by atoms with Crippen molar-refractivity contribution in [1.29, 1.82) is 0 Å². The van der Waals surface area contributed by atoms with Crippen LogP contribution in [0.5, 0.6) is 0 Å². The molecule has 0 saturated carbocycles. The number of nitrogens with one attached hydrogen (secondary N) is 1. The Morgan fingerprint density at radius 1 is 1.24 bits per heavy atom. The average Bonchev–Trinajstić information content (AvgIpc) is 2.20. The predicted octanol–water partition coefficient (Wildman–Crippen LogP) is 2.33. The zero-order valence-electron chi connectivity index (χ0n) is 11.4. The maximum absolute atomic E-state index is 11.6. The van der Waals surface area contributed by atoms with Gasteiger partial charge in [0.25, 0.3) is 5.56 Å². The molecule has 17 heavy (non-hydrogen) atoms. The smallest absolute Gasteiger partial charge is 0.250 e. The van der Waals surface area contributed by atoms with Gasteiger partial charge in [-0.3, -0.25) is 4.79 Å². The molecule has 0 atom stereocenters. The molecule has 0 fully saturated rings. The van der Waals surface area contributed by atoms with Gasteiger partial charge in [0, 0.05) is 23.8 Å². The number of nitrogens with zero attached hydrogens (tertiary/aromatic N) is 1. The van der Waals surface area contributed by atoms with Crippen LogP contribution in [0.1, 0.15) is 39.3 Å². The van der Waals surface area contributed by atoms with Gasteiger partial charge in [-0.1, -0.05) is 6.07 Å². The van der Waals surface area contributed by atoms with E-state index < -0.39 is 0 Å². The van der Waals surface area contributed by atoms with Gasteiger partial charge in [-0.05, 0) is 53.1 Å². The Morgan fingerprint density at radius 2 is 1.94 bits per heavy atom. The maximum atomic E-state index is 11.6. The van der Waals surface area contributed by atoms with Crippen LogP contribution in [-0.2, 0) is 6.54 Å². The van der Waals surface area contributed by atoms with E-state index in [1.54, 1.807) is 6.07 Å². The highest BCUT2D eigenvalue weighted by molar-refractivity contribution is 5.04. The highest BCUT2D eigenvalue weighted by Crippen LogP contribution is 2.01. The molecule has 0 saturated heterocycles. The van der Waals surface area contributed by atoms with Crippen LogP contribution in [0.25, 0.3) is 0 Å². The van der Waals surface area contributed by atoms with Crippen LogP contribution in [0.15, 0.2) is 23.0 Å². The minimum absolute atomic E-state index is 0.105. The van der Waals surface area contributed by atoms with E-state index in [4.69, 9.17) is 0 Å². The van der Waals surface area contributed by atoms with Gasteiger partial charge in [-0.2, -0.15) is 0 Å². The minimum atomic E-state index is 0.105. The van der Waals surface area contributed by atoms with E-state index in [1.165, 1.54) is 0 Å². The van der Waals surface area contributed by atoms with Crippen LogP contribution < -0.4 is 10.9 Å². The van der Waals surface area contributed by atoms with Gasteiger partial charge in [-0.25, -0.2) is 0 Å². The first-order valence-electron chi connectivity index (χ1n) is 6.32. The molecule has 1 aromatic rings. The Hall–Kier alpha value is -1.09. The minimum Gasteiger partial charge on any atom is -0.313 e. The molecule has 0 aliphatic rings. The Kier molecular flexibility index (Phi) is 4.94. The second kappa shape index (κ2) is 6.01. The largest absolute Gasteiger partial charge is 0.313 e. The summed E-state index contributed by atoms with van der Waals surface area (Å²) >= 11 is 0. The SMILES string of the molecule is Cc1cccc(=O)n1CCCCNC(C)(C)C. The van der Waals surface area contributed by atoms with Crippen molar-refractivity contribution >= 4 is 0 Å². The molecule has 0 aliphatic heterocycles. The predicted molar refractivity (Wildman–Crippen MR) is 72.4 cm³/mol. The first-order chi connectivity index (χ1) is 7.90. The summed E-state index contributed by atoms with van der Waals surface area (Å²) in [6.45, 7) is 10.3. The van der Waals surface area contributed by atoms with Gasteiger partial charge in [0.15, 0.2) is 0 Å². The molecule has 3 heteroatoms. The van der Waals surface area contributed by atoms with E-state index in [0.29, 0.717) is 0 Å². The molecule has 96 valence electrons. The number of aromatic nitrogens is 1. The molecule has 0 aromatic carbocycles. The summed E-state index contributed by atoms with van der Waals surface area (Å²) in [6, 6.07) is 5.42. The average molecular weight is 236 g/mol. The first-order valence-corrected chi connectivity index (χ1v) is 6.32. The van der Waals surface area contributed by atoms with E-state index >= 15 is 0 Å². The van der Waals surface area contributed by atoms with E-state index in [2.05, 4.69) is 26.1 Å². The molecule has 3 nitrogen and oxygen atoms in total. The molecule has 0 unspecified atom stereocenters. The number of aryl methyl sites for hydroxylation is 1. The van der Waals surface area contributed by atoms with Crippen LogP contribution >= 0.6 is 0 Å². The number of unbranched alkanes of at least 4 members (excludes halogenated alkanes) is 1. The van der Waals surface area contributed by atoms with Gasteiger partial charge >= 0.3 is 0 Å². The Bertz CT molecular complexity index is 401. The summed E-state index contributed by atoms with van der Waals surface area (Å²) in [5.41, 5.74) is 1.33. The third-order valence-corrected chi connectivity index (χ3v) is 2.73. The van der Waals surface area contributed by atoms with Crippen molar-refractivity contribution < 1.29 is 0 Å². The quantitative estimate of drug-likeness (QED) is 0.796. The second-order valence-electron chi connectivity index (χ2n) is 5.54. The summed E-state index contributed by atoms with van der Waals surface area (Å²) in [6.07, 6.45) is 2.13. The Balaban J connectivity index is 2.34. The monoisotopic (exact) mass is 236 g/mol. The molecule has 1 rings (SSSR count). The van der Waals surface area contributed by atoms with Crippen LogP contribution in [0.4, 0.5) is 0 Å².